The number of halogens is 1. The summed E-state index contributed by atoms with van der Waals surface area (Å²) in [5.41, 5.74) is 4.57. The van der Waals surface area contributed by atoms with Crippen LogP contribution in [-0.2, 0) is 17.8 Å². The first-order valence-electron chi connectivity index (χ1n) is 9.76. The van der Waals surface area contributed by atoms with Gasteiger partial charge in [-0.05, 0) is 49.4 Å². The van der Waals surface area contributed by atoms with E-state index in [-0.39, 0.29) is 17.9 Å². The van der Waals surface area contributed by atoms with Crippen LogP contribution in [0.5, 0.6) is 0 Å². The first kappa shape index (κ1) is 18.8. The third kappa shape index (κ3) is 3.97. The third-order valence-electron chi connectivity index (χ3n) is 5.52. The average Bonchev–Trinajstić information content (AvgIpc) is 3.13. The molecule has 0 aliphatic heterocycles. The zero-order valence-electron chi connectivity index (χ0n) is 15.9. The number of nitrogens with one attached hydrogen (secondary N) is 1. The molecule has 1 N–H and O–H groups in total. The smallest absolute Gasteiger partial charge is 0.227 e. The van der Waals surface area contributed by atoms with Crippen LogP contribution in [0.3, 0.4) is 0 Å². The number of hydrogen-bond acceptors (Lipinski definition) is 2. The topological polar surface area (TPSA) is 46.9 Å². The van der Waals surface area contributed by atoms with Crippen molar-refractivity contribution < 1.29 is 4.79 Å². The number of carbonyl (C=O) groups excluding carboxylic acids is 1. The molecule has 0 spiro atoms. The summed E-state index contributed by atoms with van der Waals surface area (Å²) in [6.07, 6.45) is 4.91. The van der Waals surface area contributed by atoms with Gasteiger partial charge >= 0.3 is 0 Å². The van der Waals surface area contributed by atoms with Crippen LogP contribution in [0.4, 0.5) is 0 Å². The van der Waals surface area contributed by atoms with Crippen molar-refractivity contribution >= 4 is 17.5 Å². The summed E-state index contributed by atoms with van der Waals surface area (Å²) >= 11 is 5.98. The van der Waals surface area contributed by atoms with Gasteiger partial charge in [-0.15, -0.1) is 0 Å². The molecule has 1 aromatic heterocycles. The molecule has 0 unspecified atom stereocenters. The zero-order valence-corrected chi connectivity index (χ0v) is 16.7. The van der Waals surface area contributed by atoms with Gasteiger partial charge in [0.2, 0.25) is 5.91 Å². The van der Waals surface area contributed by atoms with Crippen molar-refractivity contribution in [2.75, 3.05) is 0 Å². The summed E-state index contributed by atoms with van der Waals surface area (Å²) in [4.78, 5) is 12.8. The molecule has 0 bridgehead atoms. The predicted molar refractivity (Wildman–Crippen MR) is 111 cm³/mol. The highest BCUT2D eigenvalue weighted by Crippen LogP contribution is 2.31. The van der Waals surface area contributed by atoms with E-state index in [0.29, 0.717) is 6.54 Å². The van der Waals surface area contributed by atoms with Gasteiger partial charge in [0.1, 0.15) is 0 Å². The Bertz CT molecular complexity index is 950. The van der Waals surface area contributed by atoms with Crippen molar-refractivity contribution in [1.82, 2.24) is 15.1 Å². The number of carbonyl (C=O) groups is 1. The van der Waals surface area contributed by atoms with Crippen LogP contribution in [0.1, 0.15) is 54.1 Å². The number of hydrogen-bond donors (Lipinski definition) is 1. The molecule has 1 heterocycles. The maximum absolute atomic E-state index is 12.8. The van der Waals surface area contributed by atoms with Crippen molar-refractivity contribution in [2.24, 2.45) is 0 Å². The Morgan fingerprint density at radius 1 is 1.21 bits per heavy atom. The van der Waals surface area contributed by atoms with E-state index in [0.717, 1.165) is 35.4 Å². The lowest BCUT2D eigenvalue weighted by molar-refractivity contribution is -0.123. The van der Waals surface area contributed by atoms with Crippen molar-refractivity contribution in [1.29, 1.82) is 0 Å². The lowest BCUT2D eigenvalue weighted by Gasteiger charge is -2.25. The molecule has 0 radical (unpaired) electrons. The number of fused-ring (bicyclic) bond motifs is 1. The molecule has 0 saturated heterocycles. The number of rotatable bonds is 5. The van der Waals surface area contributed by atoms with Crippen molar-refractivity contribution in [3.8, 4) is 0 Å². The first-order chi connectivity index (χ1) is 13.6. The van der Waals surface area contributed by atoms with Crippen LogP contribution in [0.15, 0.2) is 60.8 Å². The second-order valence-electron chi connectivity index (χ2n) is 7.42. The maximum Gasteiger partial charge on any atom is 0.227 e. The fourth-order valence-corrected chi connectivity index (χ4v) is 3.98. The predicted octanol–water partition coefficient (Wildman–Crippen LogP) is 4.88. The normalized spacial score (nSPS) is 17.0. The highest BCUT2D eigenvalue weighted by Gasteiger charge is 2.27. The Balaban J connectivity index is 1.49. The minimum absolute atomic E-state index is 0.0291. The zero-order chi connectivity index (χ0) is 19.5. The van der Waals surface area contributed by atoms with Gasteiger partial charge < -0.3 is 5.32 Å². The molecule has 5 heteroatoms. The van der Waals surface area contributed by atoms with Crippen molar-refractivity contribution in [3.05, 3.63) is 88.2 Å². The van der Waals surface area contributed by atoms with Crippen LogP contribution in [0.2, 0.25) is 5.02 Å². The van der Waals surface area contributed by atoms with E-state index in [1.165, 1.54) is 11.3 Å². The molecular weight excluding hydrogens is 370 g/mol. The largest absolute Gasteiger partial charge is 0.349 e. The Hall–Kier alpha value is -2.59. The van der Waals surface area contributed by atoms with E-state index < -0.39 is 0 Å². The Kier molecular flexibility index (Phi) is 5.49. The van der Waals surface area contributed by atoms with Gasteiger partial charge in [-0.3, -0.25) is 9.48 Å². The molecule has 144 valence electrons. The standard InChI is InChI=1S/C23H24ClN3O/c1-16(18-6-3-2-4-7-18)23(28)26-21-8-5-9-22-20(21)14-25-27(22)15-17-10-12-19(24)13-11-17/h2-4,6-7,10-14,16,21H,5,8-9,15H2,1H3,(H,26,28)/t16-,21-/m0/s1. The molecule has 1 amide bonds. The minimum Gasteiger partial charge on any atom is -0.349 e. The molecule has 2 atom stereocenters. The molecule has 0 fully saturated rings. The molecule has 0 saturated carbocycles. The Morgan fingerprint density at radius 3 is 2.71 bits per heavy atom. The number of amides is 1. The van der Waals surface area contributed by atoms with E-state index >= 15 is 0 Å². The highest BCUT2D eigenvalue weighted by molar-refractivity contribution is 6.30. The molecule has 4 nitrogen and oxygen atoms in total. The lowest BCUT2D eigenvalue weighted by atomic mass is 9.91. The van der Waals surface area contributed by atoms with Gasteiger partial charge in [-0.25, -0.2) is 0 Å². The summed E-state index contributed by atoms with van der Waals surface area (Å²) in [6.45, 7) is 2.67. The fourth-order valence-electron chi connectivity index (χ4n) is 3.86. The van der Waals surface area contributed by atoms with Gasteiger partial charge in [0.05, 0.1) is 24.7 Å². The summed E-state index contributed by atoms with van der Waals surface area (Å²) in [5.74, 6) is -0.106. The molecule has 2 aromatic carbocycles. The Labute approximate surface area is 170 Å². The fraction of sp³-hybridized carbons (Fsp3) is 0.304. The van der Waals surface area contributed by atoms with Crippen LogP contribution < -0.4 is 5.32 Å². The van der Waals surface area contributed by atoms with Gasteiger partial charge in [-0.2, -0.15) is 5.10 Å². The summed E-state index contributed by atoms with van der Waals surface area (Å²) in [7, 11) is 0. The highest BCUT2D eigenvalue weighted by atomic mass is 35.5. The van der Waals surface area contributed by atoms with Crippen LogP contribution in [0, 0.1) is 0 Å². The molecular formula is C23H24ClN3O. The van der Waals surface area contributed by atoms with Gasteiger partial charge in [0, 0.05) is 16.3 Å². The molecule has 3 aromatic rings. The summed E-state index contributed by atoms with van der Waals surface area (Å²) < 4.78 is 2.05. The number of nitrogens with zero attached hydrogens (tertiary/aromatic N) is 2. The van der Waals surface area contributed by atoms with E-state index in [1.807, 2.05) is 67.7 Å². The lowest BCUT2D eigenvalue weighted by Crippen LogP contribution is -2.33. The molecule has 1 aliphatic carbocycles. The van der Waals surface area contributed by atoms with Crippen molar-refractivity contribution in [2.45, 2.75) is 44.7 Å². The van der Waals surface area contributed by atoms with E-state index in [9.17, 15) is 4.79 Å². The third-order valence-corrected chi connectivity index (χ3v) is 5.77. The molecule has 28 heavy (non-hydrogen) atoms. The SMILES string of the molecule is C[C@H](C(=O)N[C@H]1CCCc2c1cnn2Cc1ccc(Cl)cc1)c1ccccc1. The summed E-state index contributed by atoms with van der Waals surface area (Å²) in [5, 5.41) is 8.59. The van der Waals surface area contributed by atoms with Crippen LogP contribution >= 0.6 is 11.6 Å². The Morgan fingerprint density at radius 2 is 1.96 bits per heavy atom. The summed E-state index contributed by atoms with van der Waals surface area (Å²) in [6, 6.07) is 17.8. The van der Waals surface area contributed by atoms with Crippen molar-refractivity contribution in [3.63, 3.8) is 0 Å². The second-order valence-corrected chi connectivity index (χ2v) is 7.85. The average molecular weight is 394 g/mol. The maximum atomic E-state index is 12.8. The van der Waals surface area contributed by atoms with Gasteiger partial charge in [0.25, 0.3) is 0 Å². The van der Waals surface area contributed by atoms with Crippen LogP contribution in [-0.4, -0.2) is 15.7 Å². The monoisotopic (exact) mass is 393 g/mol. The van der Waals surface area contributed by atoms with E-state index in [1.54, 1.807) is 0 Å². The van der Waals surface area contributed by atoms with Crippen LogP contribution in [0.25, 0.3) is 0 Å². The van der Waals surface area contributed by atoms with Gasteiger partial charge in [0.15, 0.2) is 0 Å². The molecule has 1 aliphatic rings. The first-order valence-corrected chi connectivity index (χ1v) is 10.1. The number of benzene rings is 2. The number of aromatic nitrogens is 2. The van der Waals surface area contributed by atoms with E-state index in [2.05, 4.69) is 15.1 Å². The second kappa shape index (κ2) is 8.19. The van der Waals surface area contributed by atoms with Gasteiger partial charge in [-0.1, -0.05) is 54.1 Å². The minimum atomic E-state index is -0.171. The van der Waals surface area contributed by atoms with E-state index in [4.69, 9.17) is 11.6 Å². The molecule has 4 rings (SSSR count). The quantitative estimate of drug-likeness (QED) is 0.671.